The molecule has 2 N–H and O–H groups in total. The van der Waals surface area contributed by atoms with Gasteiger partial charge in [-0.3, -0.25) is 14.9 Å². The highest BCUT2D eigenvalue weighted by Crippen LogP contribution is 2.49. The molecular weight excluding hydrogens is 364 g/mol. The summed E-state index contributed by atoms with van der Waals surface area (Å²) >= 11 is 0. The first kappa shape index (κ1) is 17.8. The summed E-state index contributed by atoms with van der Waals surface area (Å²) in [6.07, 6.45) is 5.70. The van der Waals surface area contributed by atoms with Crippen molar-refractivity contribution in [2.75, 3.05) is 11.9 Å². The van der Waals surface area contributed by atoms with Crippen molar-refractivity contribution in [3.05, 3.63) is 53.1 Å². The number of hydrogen-bond donors (Lipinski definition) is 2. The SMILES string of the molecule is Cc1ccc(C(=O)NC2=NCC=N2)cc1-c1ccc2c(c1)NC(=O)C21CCCC1. The molecule has 1 aliphatic carbocycles. The third-order valence-corrected chi connectivity index (χ3v) is 6.25. The summed E-state index contributed by atoms with van der Waals surface area (Å²) in [5, 5.41) is 5.83. The zero-order valence-corrected chi connectivity index (χ0v) is 16.3. The number of guanidine groups is 1. The van der Waals surface area contributed by atoms with Gasteiger partial charge in [0.1, 0.15) is 0 Å². The molecule has 6 heteroatoms. The highest BCUT2D eigenvalue weighted by atomic mass is 16.2. The Hall–Kier alpha value is -3.28. The molecule has 29 heavy (non-hydrogen) atoms. The summed E-state index contributed by atoms with van der Waals surface area (Å²) < 4.78 is 0. The number of rotatable bonds is 2. The van der Waals surface area contributed by atoms with Crippen molar-refractivity contribution in [3.63, 3.8) is 0 Å². The average molecular weight is 386 g/mol. The Labute approximate surface area is 169 Å². The maximum atomic E-state index is 12.7. The molecule has 0 bridgehead atoms. The normalized spacial score (nSPS) is 18.7. The van der Waals surface area contributed by atoms with E-state index in [1.807, 2.05) is 25.1 Å². The van der Waals surface area contributed by atoms with Gasteiger partial charge >= 0.3 is 0 Å². The molecule has 2 amide bonds. The van der Waals surface area contributed by atoms with Crippen LogP contribution in [0, 0.1) is 6.92 Å². The molecule has 146 valence electrons. The molecule has 0 aromatic heterocycles. The van der Waals surface area contributed by atoms with E-state index in [0.717, 1.165) is 53.6 Å². The number of aryl methyl sites for hydroxylation is 1. The van der Waals surface area contributed by atoms with Gasteiger partial charge in [-0.15, -0.1) is 0 Å². The summed E-state index contributed by atoms with van der Waals surface area (Å²) in [4.78, 5) is 33.4. The quantitative estimate of drug-likeness (QED) is 0.827. The summed E-state index contributed by atoms with van der Waals surface area (Å²) in [6.45, 7) is 2.52. The van der Waals surface area contributed by atoms with Gasteiger partial charge in [0.2, 0.25) is 11.9 Å². The summed E-state index contributed by atoms with van der Waals surface area (Å²) in [5.74, 6) is 0.243. The van der Waals surface area contributed by atoms with E-state index in [9.17, 15) is 9.59 Å². The smallest absolute Gasteiger partial charge is 0.258 e. The number of carbonyl (C=O) groups excluding carboxylic acids is 2. The Kier molecular flexibility index (Phi) is 4.08. The van der Waals surface area contributed by atoms with Gasteiger partial charge in [0.25, 0.3) is 5.91 Å². The van der Waals surface area contributed by atoms with Crippen LogP contribution in [-0.4, -0.2) is 30.5 Å². The van der Waals surface area contributed by atoms with Crippen molar-refractivity contribution in [1.29, 1.82) is 0 Å². The van der Waals surface area contributed by atoms with Gasteiger partial charge in [-0.1, -0.05) is 31.0 Å². The highest BCUT2D eigenvalue weighted by molar-refractivity contribution is 6.09. The molecule has 0 atom stereocenters. The lowest BCUT2D eigenvalue weighted by atomic mass is 9.79. The molecule has 5 rings (SSSR count). The zero-order valence-electron chi connectivity index (χ0n) is 16.3. The van der Waals surface area contributed by atoms with E-state index in [1.165, 1.54) is 0 Å². The number of amides is 2. The molecular formula is C23H22N4O2. The van der Waals surface area contributed by atoms with Crippen LogP contribution in [0.15, 0.2) is 46.4 Å². The first-order valence-electron chi connectivity index (χ1n) is 10.0. The molecule has 0 unspecified atom stereocenters. The number of nitrogens with zero attached hydrogens (tertiary/aromatic N) is 2. The second-order valence-electron chi connectivity index (χ2n) is 7.96. The molecule has 1 saturated carbocycles. The molecule has 0 radical (unpaired) electrons. The number of anilines is 1. The molecule has 3 aliphatic rings. The van der Waals surface area contributed by atoms with Gasteiger partial charge in [-0.05, 0) is 60.2 Å². The molecule has 2 heterocycles. The Bertz CT molecular complexity index is 1090. The lowest BCUT2D eigenvalue weighted by molar-refractivity contribution is -0.120. The van der Waals surface area contributed by atoms with Crippen molar-refractivity contribution in [3.8, 4) is 11.1 Å². The Balaban J connectivity index is 1.49. The zero-order chi connectivity index (χ0) is 20.0. The van der Waals surface area contributed by atoms with Gasteiger partial charge in [0.15, 0.2) is 0 Å². The minimum Gasteiger partial charge on any atom is -0.325 e. The predicted octanol–water partition coefficient (Wildman–Crippen LogP) is 3.60. The number of hydrogen-bond acceptors (Lipinski definition) is 4. The molecule has 1 fully saturated rings. The maximum absolute atomic E-state index is 12.7. The van der Waals surface area contributed by atoms with Gasteiger partial charge in [0.05, 0.1) is 12.0 Å². The standard InChI is InChI=1S/C23H22N4O2/c1-14-4-5-16(20(28)27-22-24-10-11-25-22)12-17(14)15-6-7-18-19(13-15)26-21(29)23(18)8-2-3-9-23/h4-7,10,12-13H,2-3,8-9,11H2,1H3,(H,26,29)(H,25,27,28). The molecule has 6 nitrogen and oxygen atoms in total. The number of nitrogens with one attached hydrogen (secondary N) is 2. The fraction of sp³-hybridized carbons (Fsp3) is 0.304. The Morgan fingerprint density at radius 3 is 2.72 bits per heavy atom. The summed E-state index contributed by atoms with van der Waals surface area (Å²) in [7, 11) is 0. The Morgan fingerprint density at radius 2 is 1.97 bits per heavy atom. The van der Waals surface area contributed by atoms with Crippen LogP contribution in [-0.2, 0) is 10.2 Å². The second-order valence-corrected chi connectivity index (χ2v) is 7.96. The van der Waals surface area contributed by atoms with E-state index in [0.29, 0.717) is 18.1 Å². The molecule has 2 aromatic rings. The van der Waals surface area contributed by atoms with Crippen molar-refractivity contribution in [1.82, 2.24) is 5.32 Å². The third kappa shape index (κ3) is 2.87. The number of fused-ring (bicyclic) bond motifs is 2. The van der Waals surface area contributed by atoms with Crippen LogP contribution >= 0.6 is 0 Å². The highest BCUT2D eigenvalue weighted by Gasteiger charge is 2.48. The van der Waals surface area contributed by atoms with Crippen LogP contribution in [0.5, 0.6) is 0 Å². The number of aliphatic imine (C=N–C) groups is 2. The maximum Gasteiger partial charge on any atom is 0.258 e. The molecule has 0 saturated heterocycles. The van der Waals surface area contributed by atoms with Crippen molar-refractivity contribution >= 4 is 29.7 Å². The van der Waals surface area contributed by atoms with E-state index < -0.39 is 0 Å². The van der Waals surface area contributed by atoms with Crippen LogP contribution in [0.2, 0.25) is 0 Å². The van der Waals surface area contributed by atoms with Crippen LogP contribution in [0.25, 0.3) is 11.1 Å². The van der Waals surface area contributed by atoms with Crippen LogP contribution in [0.3, 0.4) is 0 Å². The van der Waals surface area contributed by atoms with E-state index in [1.54, 1.807) is 12.3 Å². The lowest BCUT2D eigenvalue weighted by Gasteiger charge is -2.20. The summed E-state index contributed by atoms with van der Waals surface area (Å²) in [6, 6.07) is 11.8. The first-order valence-corrected chi connectivity index (χ1v) is 10.0. The Morgan fingerprint density at radius 1 is 1.14 bits per heavy atom. The topological polar surface area (TPSA) is 82.9 Å². The first-order chi connectivity index (χ1) is 14.1. The molecule has 2 aromatic carbocycles. The third-order valence-electron chi connectivity index (χ3n) is 6.25. The fourth-order valence-corrected chi connectivity index (χ4v) is 4.69. The van der Waals surface area contributed by atoms with Gasteiger partial charge in [0, 0.05) is 17.5 Å². The van der Waals surface area contributed by atoms with Gasteiger partial charge in [-0.2, -0.15) is 0 Å². The van der Waals surface area contributed by atoms with Crippen LogP contribution in [0.1, 0.15) is 47.2 Å². The lowest BCUT2D eigenvalue weighted by Crippen LogP contribution is -2.30. The monoisotopic (exact) mass is 386 g/mol. The van der Waals surface area contributed by atoms with Gasteiger partial charge < -0.3 is 5.32 Å². The molecule has 2 aliphatic heterocycles. The van der Waals surface area contributed by atoms with E-state index >= 15 is 0 Å². The predicted molar refractivity (Wildman–Crippen MR) is 114 cm³/mol. The number of benzene rings is 2. The van der Waals surface area contributed by atoms with E-state index in [2.05, 4.69) is 32.8 Å². The fourth-order valence-electron chi connectivity index (χ4n) is 4.69. The second kappa shape index (κ2) is 6.65. The molecule has 1 spiro atoms. The average Bonchev–Trinajstić information content (AvgIpc) is 3.45. The van der Waals surface area contributed by atoms with Gasteiger partial charge in [-0.25, -0.2) is 9.98 Å². The van der Waals surface area contributed by atoms with Crippen molar-refractivity contribution in [2.24, 2.45) is 9.98 Å². The minimum absolute atomic E-state index is 0.130. The van der Waals surface area contributed by atoms with Crippen molar-refractivity contribution in [2.45, 2.75) is 38.0 Å². The van der Waals surface area contributed by atoms with E-state index in [4.69, 9.17) is 0 Å². The van der Waals surface area contributed by atoms with Crippen LogP contribution < -0.4 is 10.6 Å². The minimum atomic E-state index is -0.340. The van der Waals surface area contributed by atoms with Crippen molar-refractivity contribution < 1.29 is 9.59 Å². The summed E-state index contributed by atoms with van der Waals surface area (Å²) in [5.41, 5.74) is 5.25. The number of carbonyl (C=O) groups is 2. The van der Waals surface area contributed by atoms with Crippen LogP contribution in [0.4, 0.5) is 5.69 Å². The van der Waals surface area contributed by atoms with E-state index in [-0.39, 0.29) is 17.2 Å². The largest absolute Gasteiger partial charge is 0.325 e.